The van der Waals surface area contributed by atoms with Gasteiger partial charge in [-0.3, -0.25) is 4.98 Å². The molecule has 0 spiro atoms. The fourth-order valence-electron chi connectivity index (χ4n) is 1.36. The summed E-state index contributed by atoms with van der Waals surface area (Å²) >= 11 is 0. The summed E-state index contributed by atoms with van der Waals surface area (Å²) in [5.74, 6) is -0.251. The highest BCUT2D eigenvalue weighted by Gasteiger charge is 2.06. The molecule has 0 amide bonds. The molecule has 0 saturated heterocycles. The molecule has 0 aliphatic rings. The van der Waals surface area contributed by atoms with Crippen LogP contribution in [-0.2, 0) is 0 Å². The molecule has 66 valence electrons. The number of rotatable bonds is 0. The average molecular weight is 193 g/mol. The zero-order chi connectivity index (χ0) is 9.42. The predicted octanol–water partition coefficient (Wildman–Crippen LogP) is 2.18. The van der Waals surface area contributed by atoms with Gasteiger partial charge in [0.05, 0.1) is 0 Å². The summed E-state index contributed by atoms with van der Waals surface area (Å²) in [4.78, 5) is 3.99. The quantitative estimate of drug-likeness (QED) is 0.584. The molecular formula is C10H9FNP. The second-order valence-corrected chi connectivity index (χ2v) is 3.57. The van der Waals surface area contributed by atoms with Crippen LogP contribution in [0.4, 0.5) is 4.39 Å². The molecule has 1 aromatic heterocycles. The smallest absolute Gasteiger partial charge is 0.149 e. The lowest BCUT2D eigenvalue weighted by Crippen LogP contribution is -2.01. The van der Waals surface area contributed by atoms with Gasteiger partial charge in [-0.25, -0.2) is 4.39 Å². The minimum absolute atomic E-state index is 0.251. The van der Waals surface area contributed by atoms with Crippen LogP contribution in [0.25, 0.3) is 10.9 Å². The third-order valence-corrected chi connectivity index (χ3v) is 2.86. The first-order valence-electron chi connectivity index (χ1n) is 3.99. The van der Waals surface area contributed by atoms with Crippen molar-refractivity contribution in [3.63, 3.8) is 0 Å². The van der Waals surface area contributed by atoms with E-state index in [1.54, 1.807) is 6.20 Å². The van der Waals surface area contributed by atoms with Crippen LogP contribution < -0.4 is 5.30 Å². The van der Waals surface area contributed by atoms with E-state index < -0.39 is 0 Å². The van der Waals surface area contributed by atoms with Crippen molar-refractivity contribution in [3.8, 4) is 0 Å². The van der Waals surface area contributed by atoms with Crippen molar-refractivity contribution in [3.05, 3.63) is 35.8 Å². The van der Waals surface area contributed by atoms with E-state index in [-0.39, 0.29) is 5.82 Å². The van der Waals surface area contributed by atoms with Crippen LogP contribution in [0.3, 0.4) is 0 Å². The lowest BCUT2D eigenvalue weighted by molar-refractivity contribution is 0.636. The molecule has 3 heteroatoms. The number of halogens is 1. The van der Waals surface area contributed by atoms with Gasteiger partial charge in [-0.1, -0.05) is 6.07 Å². The van der Waals surface area contributed by atoms with Crippen molar-refractivity contribution in [1.82, 2.24) is 4.98 Å². The van der Waals surface area contributed by atoms with Gasteiger partial charge in [0.1, 0.15) is 11.3 Å². The highest BCUT2D eigenvalue weighted by Crippen LogP contribution is 2.17. The summed E-state index contributed by atoms with van der Waals surface area (Å²) in [6.45, 7) is 1.89. The van der Waals surface area contributed by atoms with Gasteiger partial charge in [-0.15, -0.1) is 9.24 Å². The molecule has 2 rings (SSSR count). The highest BCUT2D eigenvalue weighted by atomic mass is 31.0. The normalized spacial score (nSPS) is 10.7. The van der Waals surface area contributed by atoms with E-state index in [1.165, 1.54) is 6.07 Å². The van der Waals surface area contributed by atoms with Crippen molar-refractivity contribution in [2.24, 2.45) is 0 Å². The number of aryl methyl sites for hydroxylation is 1. The molecule has 0 aliphatic heterocycles. The minimum atomic E-state index is -0.251. The Morgan fingerprint density at radius 1 is 1.46 bits per heavy atom. The van der Waals surface area contributed by atoms with Crippen LogP contribution in [0.5, 0.6) is 0 Å². The molecule has 0 radical (unpaired) electrons. The van der Waals surface area contributed by atoms with E-state index in [0.717, 1.165) is 16.3 Å². The number of fused-ring (bicyclic) bond motifs is 1. The molecule has 0 fully saturated rings. The van der Waals surface area contributed by atoms with E-state index in [2.05, 4.69) is 14.2 Å². The van der Waals surface area contributed by atoms with Gasteiger partial charge in [0.2, 0.25) is 0 Å². The van der Waals surface area contributed by atoms with Crippen molar-refractivity contribution in [1.29, 1.82) is 0 Å². The summed E-state index contributed by atoms with van der Waals surface area (Å²) in [5, 5.41) is 1.88. The standard InChI is InChI=1S/C10H9FNP/c1-6-5-8(11)9-7(10(6)13)3-2-4-12-9/h2-5H,13H2,1H3. The van der Waals surface area contributed by atoms with Crippen molar-refractivity contribution in [2.75, 3.05) is 0 Å². The van der Waals surface area contributed by atoms with Gasteiger partial charge in [0, 0.05) is 11.6 Å². The van der Waals surface area contributed by atoms with Gasteiger partial charge in [-0.05, 0) is 29.9 Å². The fraction of sp³-hybridized carbons (Fsp3) is 0.100. The molecule has 1 aromatic carbocycles. The lowest BCUT2D eigenvalue weighted by Gasteiger charge is -2.05. The zero-order valence-electron chi connectivity index (χ0n) is 7.21. The second-order valence-electron chi connectivity index (χ2n) is 2.99. The lowest BCUT2D eigenvalue weighted by atomic mass is 10.1. The van der Waals surface area contributed by atoms with Crippen LogP contribution in [0.2, 0.25) is 0 Å². The Balaban J connectivity index is 2.97. The first-order valence-corrected chi connectivity index (χ1v) is 4.57. The predicted molar refractivity (Wildman–Crippen MR) is 55.8 cm³/mol. The van der Waals surface area contributed by atoms with Crippen LogP contribution in [0, 0.1) is 12.7 Å². The minimum Gasteiger partial charge on any atom is -0.253 e. The Bertz CT molecular complexity index is 468. The van der Waals surface area contributed by atoms with Crippen LogP contribution >= 0.6 is 9.24 Å². The first-order chi connectivity index (χ1) is 6.20. The van der Waals surface area contributed by atoms with E-state index in [0.29, 0.717) is 5.52 Å². The van der Waals surface area contributed by atoms with Crippen LogP contribution in [0.15, 0.2) is 24.4 Å². The van der Waals surface area contributed by atoms with Crippen molar-refractivity contribution >= 4 is 25.4 Å². The number of pyridine rings is 1. The molecule has 0 saturated carbocycles. The Morgan fingerprint density at radius 3 is 3.00 bits per heavy atom. The molecule has 1 unspecified atom stereocenters. The third kappa shape index (κ3) is 1.31. The highest BCUT2D eigenvalue weighted by molar-refractivity contribution is 7.28. The van der Waals surface area contributed by atoms with Gasteiger partial charge in [0.25, 0.3) is 0 Å². The maximum atomic E-state index is 13.4. The maximum absolute atomic E-state index is 13.4. The monoisotopic (exact) mass is 193 g/mol. The van der Waals surface area contributed by atoms with Gasteiger partial charge in [-0.2, -0.15) is 0 Å². The Labute approximate surface area is 78.2 Å². The summed E-state index contributed by atoms with van der Waals surface area (Å²) in [6.07, 6.45) is 1.60. The van der Waals surface area contributed by atoms with Crippen LogP contribution in [0.1, 0.15) is 5.56 Å². The second kappa shape index (κ2) is 3.04. The molecule has 0 bridgehead atoms. The summed E-state index contributed by atoms with van der Waals surface area (Å²) in [6, 6.07) is 5.20. The molecule has 13 heavy (non-hydrogen) atoms. The molecular weight excluding hydrogens is 184 g/mol. The molecule has 0 N–H and O–H groups in total. The number of hydrogen-bond acceptors (Lipinski definition) is 1. The van der Waals surface area contributed by atoms with Crippen molar-refractivity contribution < 1.29 is 4.39 Å². The number of aromatic nitrogens is 1. The van der Waals surface area contributed by atoms with E-state index in [9.17, 15) is 4.39 Å². The molecule has 1 nitrogen and oxygen atoms in total. The molecule has 2 aromatic rings. The number of benzene rings is 1. The average Bonchev–Trinajstić information content (AvgIpc) is 2.15. The molecule has 0 aliphatic carbocycles. The van der Waals surface area contributed by atoms with Crippen molar-refractivity contribution in [2.45, 2.75) is 6.92 Å². The Morgan fingerprint density at radius 2 is 2.23 bits per heavy atom. The van der Waals surface area contributed by atoms with Gasteiger partial charge in [0.15, 0.2) is 0 Å². The van der Waals surface area contributed by atoms with E-state index in [1.807, 2.05) is 19.1 Å². The summed E-state index contributed by atoms with van der Waals surface area (Å²) in [7, 11) is 2.62. The van der Waals surface area contributed by atoms with Crippen LogP contribution in [-0.4, -0.2) is 4.98 Å². The summed E-state index contributed by atoms with van der Waals surface area (Å²) in [5.41, 5.74) is 1.38. The molecule has 1 atom stereocenters. The maximum Gasteiger partial charge on any atom is 0.149 e. The SMILES string of the molecule is Cc1cc(F)c2ncccc2c1P. The topological polar surface area (TPSA) is 12.9 Å². The van der Waals surface area contributed by atoms with E-state index in [4.69, 9.17) is 0 Å². The Hall–Kier alpha value is -1.01. The third-order valence-electron chi connectivity index (χ3n) is 2.09. The zero-order valence-corrected chi connectivity index (χ0v) is 8.37. The number of hydrogen-bond donors (Lipinski definition) is 0. The van der Waals surface area contributed by atoms with Gasteiger partial charge >= 0.3 is 0 Å². The van der Waals surface area contributed by atoms with E-state index >= 15 is 0 Å². The fourth-order valence-corrected chi connectivity index (χ4v) is 1.68. The Kier molecular flexibility index (Phi) is 2.01. The molecule has 1 heterocycles. The first kappa shape index (κ1) is 8.58. The summed E-state index contributed by atoms with van der Waals surface area (Å²) < 4.78 is 13.4. The number of nitrogens with zero attached hydrogens (tertiary/aromatic N) is 1. The van der Waals surface area contributed by atoms with Gasteiger partial charge < -0.3 is 0 Å². The largest absolute Gasteiger partial charge is 0.253 e.